The predicted molar refractivity (Wildman–Crippen MR) is 63.6 cm³/mol. The van der Waals surface area contributed by atoms with E-state index in [4.69, 9.17) is 0 Å². The Labute approximate surface area is 98.6 Å². The molecule has 0 saturated carbocycles. The summed E-state index contributed by atoms with van der Waals surface area (Å²) in [5, 5.41) is 3.45. The van der Waals surface area contributed by atoms with Gasteiger partial charge in [0.2, 0.25) is 0 Å². The summed E-state index contributed by atoms with van der Waals surface area (Å²) in [6, 6.07) is 3.57. The summed E-state index contributed by atoms with van der Waals surface area (Å²) in [6.07, 6.45) is 2.22. The van der Waals surface area contributed by atoms with Gasteiger partial charge >= 0.3 is 0 Å². The van der Waals surface area contributed by atoms with Gasteiger partial charge in [-0.2, -0.15) is 11.8 Å². The maximum atomic E-state index is 13.6. The topological polar surface area (TPSA) is 12.0 Å². The average Bonchev–Trinajstić information content (AvgIpc) is 2.78. The molecule has 1 saturated heterocycles. The van der Waals surface area contributed by atoms with E-state index in [9.17, 15) is 8.78 Å². The Hall–Kier alpha value is -0.610. The van der Waals surface area contributed by atoms with Crippen molar-refractivity contribution in [3.05, 3.63) is 35.4 Å². The van der Waals surface area contributed by atoms with Crippen molar-refractivity contribution in [1.29, 1.82) is 0 Å². The molecule has 0 amide bonds. The lowest BCUT2D eigenvalue weighted by atomic mass is 10.0. The number of rotatable bonds is 3. The first-order valence-electron chi connectivity index (χ1n) is 5.46. The van der Waals surface area contributed by atoms with Crippen LogP contribution in [0.15, 0.2) is 18.2 Å². The van der Waals surface area contributed by atoms with Crippen LogP contribution in [0.25, 0.3) is 0 Å². The number of benzene rings is 1. The molecule has 2 atom stereocenters. The fourth-order valence-corrected chi connectivity index (χ4v) is 3.60. The molecular formula is C12H15F2NS. The Morgan fingerprint density at radius 3 is 2.88 bits per heavy atom. The molecule has 1 heterocycles. The van der Waals surface area contributed by atoms with Crippen molar-refractivity contribution in [2.75, 3.05) is 12.8 Å². The van der Waals surface area contributed by atoms with Gasteiger partial charge in [-0.3, -0.25) is 0 Å². The van der Waals surface area contributed by atoms with Crippen LogP contribution in [0.2, 0.25) is 0 Å². The molecule has 4 heteroatoms. The molecule has 16 heavy (non-hydrogen) atoms. The first kappa shape index (κ1) is 11.9. The van der Waals surface area contributed by atoms with E-state index in [0.717, 1.165) is 24.7 Å². The van der Waals surface area contributed by atoms with Crippen LogP contribution < -0.4 is 5.32 Å². The zero-order valence-corrected chi connectivity index (χ0v) is 9.99. The Morgan fingerprint density at radius 1 is 1.44 bits per heavy atom. The summed E-state index contributed by atoms with van der Waals surface area (Å²) in [6.45, 7) is 0. The van der Waals surface area contributed by atoms with Gasteiger partial charge in [0.15, 0.2) is 0 Å². The second-order valence-corrected chi connectivity index (χ2v) is 5.33. The zero-order valence-electron chi connectivity index (χ0n) is 9.17. The molecule has 0 aromatic heterocycles. The second-order valence-electron chi connectivity index (χ2n) is 3.98. The number of thioether (sulfide) groups is 1. The van der Waals surface area contributed by atoms with Gasteiger partial charge in [-0.05, 0) is 43.8 Å². The monoisotopic (exact) mass is 243 g/mol. The van der Waals surface area contributed by atoms with Crippen LogP contribution in [0.3, 0.4) is 0 Å². The minimum atomic E-state index is -0.375. The largest absolute Gasteiger partial charge is 0.312 e. The Bertz CT molecular complexity index is 364. The zero-order chi connectivity index (χ0) is 11.5. The van der Waals surface area contributed by atoms with Crippen LogP contribution in [0.5, 0.6) is 0 Å². The van der Waals surface area contributed by atoms with Gasteiger partial charge in [-0.1, -0.05) is 0 Å². The van der Waals surface area contributed by atoms with Crippen molar-refractivity contribution < 1.29 is 8.78 Å². The van der Waals surface area contributed by atoms with Crippen LogP contribution >= 0.6 is 11.8 Å². The van der Waals surface area contributed by atoms with Gasteiger partial charge < -0.3 is 5.32 Å². The van der Waals surface area contributed by atoms with Crippen LogP contribution in [-0.4, -0.2) is 18.1 Å². The van der Waals surface area contributed by atoms with E-state index in [0.29, 0.717) is 10.8 Å². The molecule has 0 radical (unpaired) electrons. The summed E-state index contributed by atoms with van der Waals surface area (Å²) in [7, 11) is 1.80. The molecule has 1 N–H and O–H groups in total. The minimum Gasteiger partial charge on any atom is -0.312 e. The third kappa shape index (κ3) is 2.38. The van der Waals surface area contributed by atoms with Crippen molar-refractivity contribution >= 4 is 11.8 Å². The van der Waals surface area contributed by atoms with Gasteiger partial charge in [0, 0.05) is 16.9 Å². The SMILES string of the molecule is CNC(c1cc(F)ccc1F)C1CCCS1. The van der Waals surface area contributed by atoms with E-state index < -0.39 is 0 Å². The van der Waals surface area contributed by atoms with Crippen molar-refractivity contribution in [3.8, 4) is 0 Å². The molecule has 1 nitrogen and oxygen atoms in total. The maximum Gasteiger partial charge on any atom is 0.128 e. The van der Waals surface area contributed by atoms with E-state index in [2.05, 4.69) is 5.32 Å². The molecule has 2 unspecified atom stereocenters. The van der Waals surface area contributed by atoms with Gasteiger partial charge in [-0.25, -0.2) is 8.78 Å². The molecule has 0 bridgehead atoms. The van der Waals surface area contributed by atoms with E-state index >= 15 is 0 Å². The summed E-state index contributed by atoms with van der Waals surface area (Å²) in [4.78, 5) is 0. The second kappa shape index (κ2) is 5.15. The fraction of sp³-hybridized carbons (Fsp3) is 0.500. The number of halogens is 2. The fourth-order valence-electron chi connectivity index (χ4n) is 2.16. The molecule has 1 aliphatic rings. The van der Waals surface area contributed by atoms with Crippen LogP contribution in [-0.2, 0) is 0 Å². The third-order valence-electron chi connectivity index (χ3n) is 2.94. The van der Waals surface area contributed by atoms with E-state index in [1.165, 1.54) is 12.1 Å². The molecule has 2 rings (SSSR count). The van der Waals surface area contributed by atoms with Crippen LogP contribution in [0.4, 0.5) is 8.78 Å². The number of hydrogen-bond acceptors (Lipinski definition) is 2. The lowest BCUT2D eigenvalue weighted by Crippen LogP contribution is -2.26. The van der Waals surface area contributed by atoms with Crippen molar-refractivity contribution in [3.63, 3.8) is 0 Å². The lowest BCUT2D eigenvalue weighted by Gasteiger charge is -2.23. The van der Waals surface area contributed by atoms with E-state index in [-0.39, 0.29) is 17.7 Å². The molecule has 0 aliphatic carbocycles. The molecule has 88 valence electrons. The van der Waals surface area contributed by atoms with Gasteiger partial charge in [0.05, 0.1) is 0 Å². The summed E-state index contributed by atoms with van der Waals surface area (Å²) in [5.41, 5.74) is 0.446. The Morgan fingerprint density at radius 2 is 2.25 bits per heavy atom. The van der Waals surface area contributed by atoms with Crippen molar-refractivity contribution in [2.24, 2.45) is 0 Å². The third-order valence-corrected chi connectivity index (χ3v) is 4.40. The molecule has 0 spiro atoms. The predicted octanol–water partition coefficient (Wildman–Crippen LogP) is 3.12. The Kier molecular flexibility index (Phi) is 3.82. The summed E-state index contributed by atoms with van der Waals surface area (Å²) >= 11 is 1.83. The van der Waals surface area contributed by atoms with Gasteiger partial charge in [-0.15, -0.1) is 0 Å². The standard InChI is InChI=1S/C12H15F2NS/c1-15-12(11-3-2-6-16-11)9-7-8(13)4-5-10(9)14/h4-5,7,11-12,15H,2-3,6H2,1H3. The summed E-state index contributed by atoms with van der Waals surface area (Å²) in [5.74, 6) is 0.410. The number of nitrogens with one attached hydrogen (secondary N) is 1. The van der Waals surface area contributed by atoms with E-state index in [1.807, 2.05) is 11.8 Å². The highest BCUT2D eigenvalue weighted by Gasteiger charge is 2.27. The number of hydrogen-bond donors (Lipinski definition) is 1. The average molecular weight is 243 g/mol. The first-order chi connectivity index (χ1) is 7.72. The highest BCUT2D eigenvalue weighted by Crippen LogP contribution is 2.36. The quantitative estimate of drug-likeness (QED) is 0.875. The molecule has 1 aliphatic heterocycles. The summed E-state index contributed by atoms with van der Waals surface area (Å²) < 4.78 is 26.8. The van der Waals surface area contributed by atoms with Crippen LogP contribution in [0, 0.1) is 11.6 Å². The minimum absolute atomic E-state index is 0.0943. The lowest BCUT2D eigenvalue weighted by molar-refractivity contribution is 0.504. The maximum absolute atomic E-state index is 13.6. The molecule has 1 fully saturated rings. The van der Waals surface area contributed by atoms with Crippen LogP contribution in [0.1, 0.15) is 24.4 Å². The smallest absolute Gasteiger partial charge is 0.128 e. The highest BCUT2D eigenvalue weighted by atomic mass is 32.2. The normalized spacial score (nSPS) is 22.3. The first-order valence-corrected chi connectivity index (χ1v) is 6.51. The Balaban J connectivity index is 2.28. The highest BCUT2D eigenvalue weighted by molar-refractivity contribution is 8.00. The molecule has 1 aromatic rings. The van der Waals surface area contributed by atoms with E-state index in [1.54, 1.807) is 7.05 Å². The van der Waals surface area contributed by atoms with Gasteiger partial charge in [0.1, 0.15) is 11.6 Å². The van der Waals surface area contributed by atoms with Crippen molar-refractivity contribution in [2.45, 2.75) is 24.1 Å². The molecular weight excluding hydrogens is 228 g/mol. The van der Waals surface area contributed by atoms with Crippen molar-refractivity contribution in [1.82, 2.24) is 5.32 Å². The van der Waals surface area contributed by atoms with Gasteiger partial charge in [0.25, 0.3) is 0 Å². The molecule has 1 aromatic carbocycles.